The number of pyridine rings is 1. The Labute approximate surface area is 177 Å². The maximum Gasteiger partial charge on any atom is 0.286 e. The Morgan fingerprint density at radius 1 is 1.13 bits per heavy atom. The van der Waals surface area contributed by atoms with Gasteiger partial charge in [-0.25, -0.2) is 0 Å². The Kier molecular flexibility index (Phi) is 5.87. The van der Waals surface area contributed by atoms with Crippen molar-refractivity contribution in [3.63, 3.8) is 0 Å². The second-order valence-corrected chi connectivity index (χ2v) is 7.33. The highest BCUT2D eigenvalue weighted by atomic mass is 16.6. The molecule has 2 aromatic heterocycles. The van der Waals surface area contributed by atoms with Crippen molar-refractivity contribution in [1.29, 1.82) is 0 Å². The van der Waals surface area contributed by atoms with Crippen molar-refractivity contribution in [2.75, 3.05) is 0 Å². The number of hydrogen-bond acceptors (Lipinski definition) is 5. The molecule has 2 N–H and O–H groups in total. The van der Waals surface area contributed by atoms with Gasteiger partial charge in [0, 0.05) is 23.0 Å². The van der Waals surface area contributed by atoms with Gasteiger partial charge in [-0.3, -0.25) is 24.5 Å². The summed E-state index contributed by atoms with van der Waals surface area (Å²) < 4.78 is 2.88. The third-order valence-electron chi connectivity index (χ3n) is 5.32. The van der Waals surface area contributed by atoms with Crippen LogP contribution in [-0.4, -0.2) is 25.7 Å². The van der Waals surface area contributed by atoms with E-state index in [1.165, 1.54) is 0 Å². The van der Waals surface area contributed by atoms with Crippen LogP contribution in [0.25, 0.3) is 0 Å². The number of nitro groups is 1. The Morgan fingerprint density at radius 3 is 2.35 bits per heavy atom. The topological polar surface area (TPSA) is 130 Å². The second-order valence-electron chi connectivity index (χ2n) is 7.33. The van der Waals surface area contributed by atoms with Crippen molar-refractivity contribution in [2.24, 2.45) is 5.73 Å². The Hall–Kier alpha value is -4.01. The second kappa shape index (κ2) is 8.39. The summed E-state index contributed by atoms with van der Waals surface area (Å²) in [5.41, 5.74) is 6.34. The molecule has 0 fully saturated rings. The lowest BCUT2D eigenvalue weighted by Gasteiger charge is -2.19. The van der Waals surface area contributed by atoms with E-state index in [4.69, 9.17) is 5.73 Å². The van der Waals surface area contributed by atoms with Gasteiger partial charge in [0.2, 0.25) is 0 Å². The van der Waals surface area contributed by atoms with Crippen LogP contribution in [0.3, 0.4) is 0 Å². The molecule has 160 valence electrons. The normalized spacial score (nSPS) is 11.8. The number of benzene rings is 1. The zero-order valence-corrected chi connectivity index (χ0v) is 17.4. The van der Waals surface area contributed by atoms with Gasteiger partial charge in [0.05, 0.1) is 23.7 Å². The summed E-state index contributed by atoms with van der Waals surface area (Å²) >= 11 is 0. The zero-order valence-electron chi connectivity index (χ0n) is 17.4. The zero-order chi connectivity index (χ0) is 22.9. The molecule has 2 heterocycles. The van der Waals surface area contributed by atoms with Crippen LogP contribution in [0.5, 0.6) is 0 Å². The van der Waals surface area contributed by atoms with Gasteiger partial charge >= 0.3 is 0 Å². The lowest BCUT2D eigenvalue weighted by molar-refractivity contribution is -0.385. The first-order valence-corrected chi connectivity index (χ1v) is 9.57. The number of hydrogen-bond donors (Lipinski definition) is 1. The van der Waals surface area contributed by atoms with Gasteiger partial charge in [0.25, 0.3) is 17.2 Å². The van der Waals surface area contributed by atoms with Crippen molar-refractivity contribution < 1.29 is 14.5 Å². The fourth-order valence-corrected chi connectivity index (χ4v) is 3.79. The first-order chi connectivity index (χ1) is 14.6. The summed E-state index contributed by atoms with van der Waals surface area (Å²) in [6.07, 6.45) is 0.943. The maximum atomic E-state index is 13.0. The standard InChI is InChI=1S/C22H22N4O5/c1-13-9-18(15(3)25(13)14(2)16-7-5-4-6-8-16)20(27)12-24-11-17(26(30)31)10-19(21(23)28)22(24)29/h4-11,14H,12H2,1-3H3,(H2,23,28). The van der Waals surface area contributed by atoms with E-state index in [0.717, 1.165) is 28.1 Å². The molecule has 0 aliphatic carbocycles. The smallest absolute Gasteiger partial charge is 0.286 e. The molecular weight excluding hydrogens is 400 g/mol. The predicted molar refractivity (Wildman–Crippen MR) is 114 cm³/mol. The Bertz CT molecular complexity index is 1240. The average Bonchev–Trinajstić information content (AvgIpc) is 3.03. The fraction of sp³-hybridized carbons (Fsp3) is 0.227. The van der Waals surface area contributed by atoms with Gasteiger partial charge in [-0.2, -0.15) is 0 Å². The monoisotopic (exact) mass is 422 g/mol. The molecule has 0 bridgehead atoms. The number of primary amides is 1. The molecule has 0 saturated heterocycles. The molecule has 0 aliphatic rings. The first-order valence-electron chi connectivity index (χ1n) is 9.57. The van der Waals surface area contributed by atoms with E-state index >= 15 is 0 Å². The fourth-order valence-electron chi connectivity index (χ4n) is 3.79. The predicted octanol–water partition coefficient (Wildman–Crippen LogP) is 2.77. The molecule has 0 radical (unpaired) electrons. The SMILES string of the molecule is Cc1cc(C(=O)Cn2cc([N+](=O)[O-])cc(C(N)=O)c2=O)c(C)n1C(C)c1ccccc1. The van der Waals surface area contributed by atoms with E-state index in [2.05, 4.69) is 0 Å². The minimum Gasteiger partial charge on any atom is -0.365 e. The van der Waals surface area contributed by atoms with Crippen LogP contribution in [-0.2, 0) is 6.54 Å². The molecule has 31 heavy (non-hydrogen) atoms. The van der Waals surface area contributed by atoms with Crippen LogP contribution in [0.2, 0.25) is 0 Å². The Morgan fingerprint density at radius 2 is 1.77 bits per heavy atom. The molecule has 0 spiro atoms. The highest BCUT2D eigenvalue weighted by Gasteiger charge is 2.22. The van der Waals surface area contributed by atoms with Gasteiger partial charge in [-0.1, -0.05) is 30.3 Å². The minimum atomic E-state index is -1.09. The average molecular weight is 422 g/mol. The van der Waals surface area contributed by atoms with Crippen molar-refractivity contribution >= 4 is 17.4 Å². The summed E-state index contributed by atoms with van der Waals surface area (Å²) in [5, 5.41) is 11.2. The molecule has 1 aromatic carbocycles. The van der Waals surface area contributed by atoms with Crippen LogP contribution in [0.4, 0.5) is 5.69 Å². The number of nitrogens with two attached hydrogens (primary N) is 1. The minimum absolute atomic E-state index is 0.0234. The number of aromatic nitrogens is 2. The van der Waals surface area contributed by atoms with Crippen molar-refractivity contribution in [3.8, 4) is 0 Å². The van der Waals surface area contributed by atoms with E-state index in [1.807, 2.05) is 55.7 Å². The molecule has 1 unspecified atom stereocenters. The number of ketones is 1. The summed E-state index contributed by atoms with van der Waals surface area (Å²) in [5.74, 6) is -1.50. The number of carbonyl (C=O) groups excluding carboxylic acids is 2. The lowest BCUT2D eigenvalue weighted by atomic mass is 10.1. The largest absolute Gasteiger partial charge is 0.365 e. The number of rotatable bonds is 7. The molecular formula is C22H22N4O5. The van der Waals surface area contributed by atoms with E-state index in [1.54, 1.807) is 6.07 Å². The maximum absolute atomic E-state index is 13.0. The summed E-state index contributed by atoms with van der Waals surface area (Å²) in [4.78, 5) is 47.4. The Balaban J connectivity index is 2.00. The molecule has 1 amide bonds. The molecule has 0 saturated carbocycles. The van der Waals surface area contributed by atoms with Crippen molar-refractivity contribution in [2.45, 2.75) is 33.4 Å². The quantitative estimate of drug-likeness (QED) is 0.355. The summed E-state index contributed by atoms with van der Waals surface area (Å²) in [6, 6.07) is 12.3. The number of Topliss-reactive ketones (excluding diaryl/α,β-unsaturated/α-hetero) is 1. The van der Waals surface area contributed by atoms with E-state index in [-0.39, 0.29) is 6.04 Å². The molecule has 9 nitrogen and oxygen atoms in total. The molecule has 0 aliphatic heterocycles. The number of nitrogens with zero attached hydrogens (tertiary/aromatic N) is 3. The van der Waals surface area contributed by atoms with Gasteiger partial charge in [0.1, 0.15) is 5.56 Å². The molecule has 3 rings (SSSR count). The third-order valence-corrected chi connectivity index (χ3v) is 5.32. The van der Waals surface area contributed by atoms with Crippen molar-refractivity contribution in [1.82, 2.24) is 9.13 Å². The van der Waals surface area contributed by atoms with E-state index in [9.17, 15) is 24.5 Å². The molecule has 1 atom stereocenters. The van der Waals surface area contributed by atoms with Gasteiger partial charge in [0.15, 0.2) is 5.78 Å². The molecule has 9 heteroatoms. The highest BCUT2D eigenvalue weighted by Crippen LogP contribution is 2.26. The van der Waals surface area contributed by atoms with Crippen LogP contribution in [0.15, 0.2) is 53.5 Å². The number of aryl methyl sites for hydroxylation is 1. The van der Waals surface area contributed by atoms with Gasteiger partial charge in [-0.05, 0) is 32.4 Å². The summed E-state index contributed by atoms with van der Waals surface area (Å²) in [6.45, 7) is 5.26. The number of carbonyl (C=O) groups is 2. The van der Waals surface area contributed by atoms with E-state index < -0.39 is 40.0 Å². The first kappa shape index (κ1) is 21.7. The third kappa shape index (κ3) is 4.16. The van der Waals surface area contributed by atoms with Crippen molar-refractivity contribution in [3.05, 3.63) is 97.2 Å². The van der Waals surface area contributed by atoms with E-state index in [0.29, 0.717) is 11.3 Å². The van der Waals surface area contributed by atoms with Crippen LogP contribution >= 0.6 is 0 Å². The highest BCUT2D eigenvalue weighted by molar-refractivity contribution is 5.97. The van der Waals surface area contributed by atoms with Crippen LogP contribution < -0.4 is 11.3 Å². The van der Waals surface area contributed by atoms with Gasteiger partial charge in [-0.15, -0.1) is 0 Å². The lowest BCUT2D eigenvalue weighted by Crippen LogP contribution is -2.31. The molecule has 3 aromatic rings. The summed E-state index contributed by atoms with van der Waals surface area (Å²) in [7, 11) is 0. The number of amides is 1. The van der Waals surface area contributed by atoms with Crippen LogP contribution in [0.1, 0.15) is 50.6 Å². The van der Waals surface area contributed by atoms with Gasteiger partial charge < -0.3 is 14.9 Å². The van der Waals surface area contributed by atoms with Crippen LogP contribution in [0, 0.1) is 24.0 Å².